The van der Waals surface area contributed by atoms with Crippen LogP contribution in [-0.2, 0) is 17.8 Å². The molecule has 1 amide bonds. The highest BCUT2D eigenvalue weighted by molar-refractivity contribution is 6.40. The van der Waals surface area contributed by atoms with Gasteiger partial charge >= 0.3 is 0 Å². The zero-order valence-electron chi connectivity index (χ0n) is 22.2. The molecule has 0 spiro atoms. The zero-order chi connectivity index (χ0) is 29.1. The smallest absolute Gasteiger partial charge is 0.262 e. The third-order valence-corrected chi connectivity index (χ3v) is 7.12. The maximum atomic E-state index is 13.2. The summed E-state index contributed by atoms with van der Waals surface area (Å²) in [6, 6.07) is 14.3. The van der Waals surface area contributed by atoms with Crippen LogP contribution in [0.2, 0.25) is 15.1 Å². The molecule has 0 atom stereocenters. The molecule has 0 bridgehead atoms. The number of aromatic amines is 1. The lowest BCUT2D eigenvalue weighted by Crippen LogP contribution is -2.27. The van der Waals surface area contributed by atoms with Gasteiger partial charge in [0, 0.05) is 36.1 Å². The van der Waals surface area contributed by atoms with Gasteiger partial charge in [-0.2, -0.15) is 5.10 Å². The maximum Gasteiger partial charge on any atom is 0.262 e. The summed E-state index contributed by atoms with van der Waals surface area (Å²) >= 11 is 19.1. The number of halogens is 3. The van der Waals surface area contributed by atoms with Gasteiger partial charge in [0.1, 0.15) is 16.9 Å². The number of pyridine rings is 1. The van der Waals surface area contributed by atoms with Crippen LogP contribution in [-0.4, -0.2) is 37.2 Å². The topological polar surface area (TPSA) is 118 Å². The molecule has 210 valence electrons. The first-order chi connectivity index (χ1) is 19.7. The van der Waals surface area contributed by atoms with E-state index in [4.69, 9.17) is 39.8 Å². The van der Waals surface area contributed by atoms with Crippen LogP contribution < -0.4 is 16.2 Å². The Labute approximate surface area is 250 Å². The summed E-state index contributed by atoms with van der Waals surface area (Å²) in [6.07, 6.45) is 3.77. The van der Waals surface area contributed by atoms with Crippen molar-refractivity contribution in [1.82, 2.24) is 30.0 Å². The first-order valence-electron chi connectivity index (χ1n) is 12.8. The zero-order valence-corrected chi connectivity index (χ0v) is 24.5. The van der Waals surface area contributed by atoms with E-state index in [0.717, 1.165) is 11.1 Å². The lowest BCUT2D eigenvalue weighted by molar-refractivity contribution is -0.115. The second-order valence-corrected chi connectivity index (χ2v) is 11.0. The third-order valence-electron chi connectivity index (χ3n) is 6.33. The number of rotatable bonds is 9. The maximum absolute atomic E-state index is 13.2. The molecule has 0 unspecified atom stereocenters. The van der Waals surface area contributed by atoms with Crippen molar-refractivity contribution in [2.75, 3.05) is 11.9 Å². The van der Waals surface area contributed by atoms with E-state index >= 15 is 0 Å². The molecule has 9 nitrogen and oxygen atoms in total. The number of carbonyl (C=O) groups is 1. The summed E-state index contributed by atoms with van der Waals surface area (Å²) in [5.41, 5.74) is 3.62. The Bertz CT molecular complexity index is 1740. The van der Waals surface area contributed by atoms with Crippen LogP contribution in [0.4, 0.5) is 5.69 Å². The number of anilines is 1. The number of amides is 1. The molecular formula is C29H26Cl3N7O2. The van der Waals surface area contributed by atoms with Crippen LogP contribution in [0.15, 0.2) is 65.7 Å². The first kappa shape index (κ1) is 28.8. The highest BCUT2D eigenvalue weighted by atomic mass is 35.5. The molecule has 3 aromatic heterocycles. The normalized spacial score (nSPS) is 11.4. The Kier molecular flexibility index (Phi) is 8.70. The van der Waals surface area contributed by atoms with Gasteiger partial charge in [0.25, 0.3) is 5.56 Å². The van der Waals surface area contributed by atoms with Crippen LogP contribution in [0.1, 0.15) is 42.4 Å². The van der Waals surface area contributed by atoms with Crippen molar-refractivity contribution in [3.05, 3.63) is 109 Å². The van der Waals surface area contributed by atoms with Crippen LogP contribution in [0.3, 0.4) is 0 Å². The minimum Gasteiger partial charge on any atom is -0.325 e. The van der Waals surface area contributed by atoms with Crippen LogP contribution in [0.25, 0.3) is 16.7 Å². The van der Waals surface area contributed by atoms with Crippen molar-refractivity contribution in [3.63, 3.8) is 0 Å². The van der Waals surface area contributed by atoms with E-state index < -0.39 is 0 Å². The SMILES string of the molecule is CC(C)c1nn(-c2c(Cl)cc(Cl)cc2Cl)c2nc(Cc3ccc(NC(=O)CNCc4ccncc4)cc3)[nH]c(=O)c12. The van der Waals surface area contributed by atoms with Gasteiger partial charge in [-0.15, -0.1) is 0 Å². The van der Waals surface area contributed by atoms with Crippen molar-refractivity contribution >= 4 is 57.4 Å². The van der Waals surface area contributed by atoms with Crippen molar-refractivity contribution in [3.8, 4) is 5.69 Å². The summed E-state index contributed by atoms with van der Waals surface area (Å²) in [6.45, 7) is 4.63. The van der Waals surface area contributed by atoms with Gasteiger partial charge in [0.2, 0.25) is 5.91 Å². The number of carbonyl (C=O) groups excluding carboxylic acids is 1. The number of benzene rings is 2. The number of nitrogens with one attached hydrogen (secondary N) is 3. The minimum absolute atomic E-state index is 0.0501. The molecule has 12 heteroatoms. The summed E-state index contributed by atoms with van der Waals surface area (Å²) in [5, 5.41) is 12.0. The average Bonchev–Trinajstić information content (AvgIpc) is 3.30. The van der Waals surface area contributed by atoms with E-state index in [2.05, 4.69) is 25.7 Å². The fraction of sp³-hybridized carbons (Fsp3) is 0.207. The molecule has 0 saturated heterocycles. The Balaban J connectivity index is 1.35. The standard InChI is InChI=1S/C29H26Cl3N7O2/c1-16(2)26-25-28(39(38-26)27-21(31)12-19(30)13-22(27)32)36-23(37-29(25)41)11-17-3-5-20(6-4-17)35-24(40)15-34-14-18-7-9-33-10-8-18/h3-10,12-13,16,34H,11,14-15H2,1-2H3,(H,35,40)(H,36,37,41). The Morgan fingerprint density at radius 1 is 1.00 bits per heavy atom. The number of aromatic nitrogens is 5. The lowest BCUT2D eigenvalue weighted by atomic mass is 10.1. The Morgan fingerprint density at radius 3 is 2.34 bits per heavy atom. The fourth-order valence-electron chi connectivity index (χ4n) is 4.40. The molecule has 5 rings (SSSR count). The van der Waals surface area contributed by atoms with Gasteiger partial charge < -0.3 is 15.6 Å². The summed E-state index contributed by atoms with van der Waals surface area (Å²) in [7, 11) is 0. The van der Waals surface area contributed by atoms with E-state index in [-0.39, 0.29) is 34.0 Å². The second-order valence-electron chi connectivity index (χ2n) is 9.76. The predicted molar refractivity (Wildman–Crippen MR) is 162 cm³/mol. The first-order valence-corrected chi connectivity index (χ1v) is 14.0. The van der Waals surface area contributed by atoms with Gasteiger partial charge in [-0.3, -0.25) is 14.6 Å². The molecule has 0 radical (unpaired) electrons. The van der Waals surface area contributed by atoms with Gasteiger partial charge in [-0.25, -0.2) is 9.67 Å². The molecule has 3 heterocycles. The predicted octanol–water partition coefficient (Wildman–Crippen LogP) is 5.91. The van der Waals surface area contributed by atoms with Crippen molar-refractivity contribution in [2.45, 2.75) is 32.7 Å². The third kappa shape index (κ3) is 6.60. The monoisotopic (exact) mass is 609 g/mol. The molecule has 0 aliphatic carbocycles. The van der Waals surface area contributed by atoms with Crippen LogP contribution in [0, 0.1) is 0 Å². The molecule has 0 aliphatic rings. The molecule has 41 heavy (non-hydrogen) atoms. The fourth-order valence-corrected chi connectivity index (χ4v) is 5.38. The van der Waals surface area contributed by atoms with Crippen molar-refractivity contribution in [1.29, 1.82) is 0 Å². The van der Waals surface area contributed by atoms with E-state index in [9.17, 15) is 9.59 Å². The largest absolute Gasteiger partial charge is 0.325 e. The Hall–Kier alpha value is -3.76. The van der Waals surface area contributed by atoms with Gasteiger partial charge in [-0.1, -0.05) is 60.8 Å². The molecule has 5 aromatic rings. The second kappa shape index (κ2) is 12.4. The summed E-state index contributed by atoms with van der Waals surface area (Å²) in [4.78, 5) is 37.2. The van der Waals surface area contributed by atoms with Gasteiger partial charge in [0.15, 0.2) is 5.65 Å². The Morgan fingerprint density at radius 2 is 1.68 bits per heavy atom. The van der Waals surface area contributed by atoms with E-state index in [1.165, 1.54) is 4.68 Å². The van der Waals surface area contributed by atoms with Crippen LogP contribution in [0.5, 0.6) is 0 Å². The average molecular weight is 611 g/mol. The quantitative estimate of drug-likeness (QED) is 0.191. The van der Waals surface area contributed by atoms with Crippen LogP contribution >= 0.6 is 34.8 Å². The van der Waals surface area contributed by atoms with Crippen molar-refractivity contribution < 1.29 is 4.79 Å². The number of hydrogen-bond donors (Lipinski definition) is 3. The van der Waals surface area contributed by atoms with E-state index in [0.29, 0.717) is 51.9 Å². The number of hydrogen-bond acceptors (Lipinski definition) is 6. The van der Waals surface area contributed by atoms with E-state index in [1.807, 2.05) is 38.1 Å². The van der Waals surface area contributed by atoms with E-state index in [1.54, 1.807) is 36.7 Å². The molecule has 3 N–H and O–H groups in total. The molecule has 2 aromatic carbocycles. The van der Waals surface area contributed by atoms with Gasteiger partial charge in [0.05, 0.1) is 22.3 Å². The molecule has 0 saturated carbocycles. The van der Waals surface area contributed by atoms with Crippen molar-refractivity contribution in [2.24, 2.45) is 0 Å². The number of fused-ring (bicyclic) bond motifs is 1. The summed E-state index contributed by atoms with van der Waals surface area (Å²) < 4.78 is 1.51. The molecule has 0 fully saturated rings. The summed E-state index contributed by atoms with van der Waals surface area (Å²) in [5.74, 6) is 0.236. The van der Waals surface area contributed by atoms with Gasteiger partial charge in [-0.05, 0) is 53.4 Å². The molecule has 0 aliphatic heterocycles. The number of nitrogens with zero attached hydrogens (tertiary/aromatic N) is 4. The minimum atomic E-state index is -0.302. The highest BCUT2D eigenvalue weighted by Crippen LogP contribution is 2.34. The molecular weight excluding hydrogens is 585 g/mol. The highest BCUT2D eigenvalue weighted by Gasteiger charge is 2.23. The lowest BCUT2D eigenvalue weighted by Gasteiger charge is -2.10. The number of H-pyrrole nitrogens is 1.